The maximum absolute atomic E-state index is 13.2. The molecule has 1 aromatic carbocycles. The summed E-state index contributed by atoms with van der Waals surface area (Å²) in [5.74, 6) is 0.0995. The summed E-state index contributed by atoms with van der Waals surface area (Å²) < 4.78 is 30.2. The number of halogens is 3. The first kappa shape index (κ1) is 14.1. The molecule has 86 valence electrons. The van der Waals surface area contributed by atoms with Crippen molar-refractivity contribution in [1.29, 1.82) is 0 Å². The van der Waals surface area contributed by atoms with Crippen LogP contribution in [0, 0.1) is 5.82 Å². The van der Waals surface area contributed by atoms with Crippen molar-refractivity contribution in [2.75, 3.05) is 13.8 Å². The van der Waals surface area contributed by atoms with Gasteiger partial charge in [0.25, 0.3) is 0 Å². The van der Waals surface area contributed by atoms with Gasteiger partial charge in [-0.3, -0.25) is 4.39 Å². The zero-order valence-corrected chi connectivity index (χ0v) is 9.19. The maximum Gasteiger partial charge on any atom is 0.128 e. The van der Waals surface area contributed by atoms with Gasteiger partial charge in [0.1, 0.15) is 11.6 Å². The molecule has 0 aromatic heterocycles. The molecule has 0 spiro atoms. The summed E-state index contributed by atoms with van der Waals surface area (Å²) in [6.45, 7) is -0.558. The lowest BCUT2D eigenvalue weighted by Crippen LogP contribution is -2.12. The van der Waals surface area contributed by atoms with E-state index in [1.807, 2.05) is 0 Å². The van der Waals surface area contributed by atoms with Crippen LogP contribution in [-0.2, 0) is 0 Å². The van der Waals surface area contributed by atoms with Crippen LogP contribution in [0.5, 0.6) is 5.75 Å². The molecular weight excluding hydrogens is 224 g/mol. The highest BCUT2D eigenvalue weighted by molar-refractivity contribution is 5.85. The molecular formula is C10H14ClF2NO. The van der Waals surface area contributed by atoms with E-state index in [1.54, 1.807) is 0 Å². The Morgan fingerprint density at radius 3 is 2.67 bits per heavy atom. The van der Waals surface area contributed by atoms with Gasteiger partial charge in [-0.05, 0) is 24.6 Å². The Balaban J connectivity index is 0.00000196. The largest absolute Gasteiger partial charge is 0.497 e. The van der Waals surface area contributed by atoms with Crippen LogP contribution >= 0.6 is 12.4 Å². The van der Waals surface area contributed by atoms with Crippen molar-refractivity contribution in [2.45, 2.75) is 12.5 Å². The molecule has 1 atom stereocenters. The summed E-state index contributed by atoms with van der Waals surface area (Å²) in [7, 11) is 1.48. The topological polar surface area (TPSA) is 35.2 Å². The number of benzene rings is 1. The van der Waals surface area contributed by atoms with E-state index in [-0.39, 0.29) is 18.8 Å². The lowest BCUT2D eigenvalue weighted by atomic mass is 10.0. The van der Waals surface area contributed by atoms with Crippen LogP contribution in [-0.4, -0.2) is 13.8 Å². The van der Waals surface area contributed by atoms with Crippen molar-refractivity contribution in [1.82, 2.24) is 0 Å². The second-order valence-electron chi connectivity index (χ2n) is 2.97. The zero-order valence-electron chi connectivity index (χ0n) is 8.37. The smallest absolute Gasteiger partial charge is 0.128 e. The van der Waals surface area contributed by atoms with Gasteiger partial charge >= 0.3 is 0 Å². The minimum Gasteiger partial charge on any atom is -0.497 e. The third kappa shape index (κ3) is 3.64. The first-order chi connectivity index (χ1) is 6.69. The molecule has 0 amide bonds. The fourth-order valence-corrected chi connectivity index (χ4v) is 1.21. The first-order valence-electron chi connectivity index (χ1n) is 4.34. The van der Waals surface area contributed by atoms with Gasteiger partial charge in [-0.2, -0.15) is 0 Å². The van der Waals surface area contributed by atoms with Crippen LogP contribution in [0.25, 0.3) is 0 Å². The number of hydrogen-bond acceptors (Lipinski definition) is 2. The van der Waals surface area contributed by atoms with Gasteiger partial charge in [0, 0.05) is 11.6 Å². The minimum absolute atomic E-state index is 0. The van der Waals surface area contributed by atoms with Gasteiger partial charge in [0.05, 0.1) is 13.8 Å². The minimum atomic E-state index is -0.616. The van der Waals surface area contributed by atoms with E-state index in [0.29, 0.717) is 11.3 Å². The van der Waals surface area contributed by atoms with Gasteiger partial charge in [-0.15, -0.1) is 12.4 Å². The average Bonchev–Trinajstić information content (AvgIpc) is 2.19. The highest BCUT2D eigenvalue weighted by atomic mass is 35.5. The molecule has 2 nitrogen and oxygen atoms in total. The second kappa shape index (κ2) is 6.58. The van der Waals surface area contributed by atoms with Crippen LogP contribution in [0.4, 0.5) is 8.78 Å². The molecule has 0 saturated heterocycles. The monoisotopic (exact) mass is 237 g/mol. The third-order valence-electron chi connectivity index (χ3n) is 2.02. The number of alkyl halides is 1. The van der Waals surface area contributed by atoms with Crippen LogP contribution in [0.15, 0.2) is 18.2 Å². The highest BCUT2D eigenvalue weighted by Gasteiger charge is 2.12. The van der Waals surface area contributed by atoms with Crippen LogP contribution in [0.3, 0.4) is 0 Å². The fourth-order valence-electron chi connectivity index (χ4n) is 1.21. The molecule has 0 radical (unpaired) electrons. The van der Waals surface area contributed by atoms with Crippen LogP contribution in [0.2, 0.25) is 0 Å². The molecule has 0 unspecified atom stereocenters. The Kier molecular flexibility index (Phi) is 6.20. The first-order valence-corrected chi connectivity index (χ1v) is 4.34. The molecule has 5 heteroatoms. The van der Waals surface area contributed by atoms with Crippen LogP contribution in [0.1, 0.15) is 18.0 Å². The molecule has 0 saturated carbocycles. The van der Waals surface area contributed by atoms with E-state index < -0.39 is 18.5 Å². The van der Waals surface area contributed by atoms with Gasteiger partial charge in [0.15, 0.2) is 0 Å². The van der Waals surface area contributed by atoms with E-state index in [0.717, 1.165) is 0 Å². The summed E-state index contributed by atoms with van der Waals surface area (Å²) >= 11 is 0. The van der Waals surface area contributed by atoms with Gasteiger partial charge in [0.2, 0.25) is 0 Å². The van der Waals surface area contributed by atoms with Gasteiger partial charge < -0.3 is 10.5 Å². The molecule has 1 rings (SSSR count). The van der Waals surface area contributed by atoms with Gasteiger partial charge in [-0.25, -0.2) is 4.39 Å². The summed E-state index contributed by atoms with van der Waals surface area (Å²) in [5, 5.41) is 0. The maximum atomic E-state index is 13.2. The van der Waals surface area contributed by atoms with Crippen molar-refractivity contribution >= 4 is 12.4 Å². The molecule has 0 heterocycles. The summed E-state index contributed by atoms with van der Waals surface area (Å²) in [6.07, 6.45) is 0.115. The lowest BCUT2D eigenvalue weighted by Gasteiger charge is -2.12. The summed E-state index contributed by atoms with van der Waals surface area (Å²) in [4.78, 5) is 0. The molecule has 0 fully saturated rings. The molecule has 0 aliphatic heterocycles. The Morgan fingerprint density at radius 1 is 1.47 bits per heavy atom. The summed E-state index contributed by atoms with van der Waals surface area (Å²) in [5.41, 5.74) is 5.89. The number of nitrogens with two attached hydrogens (primary N) is 1. The standard InChI is InChI=1S/C10H13F2NO.ClH/c1-14-7-2-3-9(12)8(6-7)10(13)4-5-11;/h2-3,6,10H,4-5,13H2,1H3;1H/t10-;/m1./s1. The molecule has 2 N–H and O–H groups in total. The summed E-state index contributed by atoms with van der Waals surface area (Å²) in [6, 6.07) is 3.65. The van der Waals surface area contributed by atoms with E-state index >= 15 is 0 Å². The van der Waals surface area contributed by atoms with Crippen molar-refractivity contribution in [3.63, 3.8) is 0 Å². The number of ether oxygens (including phenoxy) is 1. The fraction of sp³-hybridized carbons (Fsp3) is 0.400. The average molecular weight is 238 g/mol. The molecule has 1 aromatic rings. The molecule has 0 aliphatic carbocycles. The SMILES string of the molecule is COc1ccc(F)c([C@H](N)CCF)c1.Cl. The van der Waals surface area contributed by atoms with E-state index in [9.17, 15) is 8.78 Å². The van der Waals surface area contributed by atoms with Crippen LogP contribution < -0.4 is 10.5 Å². The van der Waals surface area contributed by atoms with E-state index in [1.165, 1.54) is 25.3 Å². The van der Waals surface area contributed by atoms with Gasteiger partial charge in [-0.1, -0.05) is 0 Å². The van der Waals surface area contributed by atoms with Crippen molar-refractivity contribution < 1.29 is 13.5 Å². The normalized spacial score (nSPS) is 11.7. The third-order valence-corrected chi connectivity index (χ3v) is 2.02. The van der Waals surface area contributed by atoms with Crippen molar-refractivity contribution in [3.05, 3.63) is 29.6 Å². The number of methoxy groups -OCH3 is 1. The lowest BCUT2D eigenvalue weighted by molar-refractivity contribution is 0.408. The number of rotatable bonds is 4. The predicted molar refractivity (Wildman–Crippen MR) is 57.7 cm³/mol. The Labute approximate surface area is 93.8 Å². The second-order valence-corrected chi connectivity index (χ2v) is 2.97. The molecule has 0 aliphatic rings. The molecule has 0 bridgehead atoms. The quantitative estimate of drug-likeness (QED) is 0.874. The predicted octanol–water partition coefficient (Wildman–Crippen LogP) is 2.62. The zero-order chi connectivity index (χ0) is 10.6. The van der Waals surface area contributed by atoms with E-state index in [2.05, 4.69) is 0 Å². The van der Waals surface area contributed by atoms with Crippen molar-refractivity contribution in [3.8, 4) is 5.75 Å². The highest BCUT2D eigenvalue weighted by Crippen LogP contribution is 2.23. The Bertz CT molecular complexity index is 309. The van der Waals surface area contributed by atoms with E-state index in [4.69, 9.17) is 10.5 Å². The van der Waals surface area contributed by atoms with Crippen molar-refractivity contribution in [2.24, 2.45) is 5.73 Å². The Morgan fingerprint density at radius 2 is 2.13 bits per heavy atom. The number of hydrogen-bond donors (Lipinski definition) is 1. The molecule has 15 heavy (non-hydrogen) atoms. The Hall–Kier alpha value is -0.870.